The molecule has 0 amide bonds. The predicted octanol–water partition coefficient (Wildman–Crippen LogP) is 1.01. The van der Waals surface area contributed by atoms with Gasteiger partial charge < -0.3 is 10.5 Å². The van der Waals surface area contributed by atoms with Gasteiger partial charge in [-0.05, 0) is 19.3 Å². The molecule has 0 aliphatic rings. The van der Waals surface area contributed by atoms with Crippen LogP contribution in [0.1, 0.15) is 20.3 Å². The number of hydrogen-bond acceptors (Lipinski definition) is 2. The molecule has 0 unspecified atom stereocenters. The number of rotatable bonds is 4. The first-order valence-corrected chi connectivity index (χ1v) is 3.43. The van der Waals surface area contributed by atoms with Crippen molar-refractivity contribution in [1.29, 1.82) is 0 Å². The zero-order chi connectivity index (χ0) is 7.28. The quantitative estimate of drug-likeness (QED) is 0.618. The fraction of sp³-hybridized carbons (Fsp3) is 1.00. The van der Waals surface area contributed by atoms with Crippen molar-refractivity contribution in [3.63, 3.8) is 0 Å². The maximum absolute atomic E-state index is 5.62. The van der Waals surface area contributed by atoms with E-state index in [0.29, 0.717) is 12.0 Å². The molecular formula is C7H17NO. The molecule has 2 N–H and O–H groups in total. The van der Waals surface area contributed by atoms with Gasteiger partial charge in [-0.15, -0.1) is 0 Å². The molecule has 56 valence electrons. The van der Waals surface area contributed by atoms with Gasteiger partial charge in [0.1, 0.15) is 0 Å². The second kappa shape index (κ2) is 4.77. The second-order valence-electron chi connectivity index (χ2n) is 2.62. The summed E-state index contributed by atoms with van der Waals surface area (Å²) in [5.41, 5.74) is 5.62. The third-order valence-electron chi connectivity index (χ3n) is 1.67. The van der Waals surface area contributed by atoms with E-state index in [1.54, 1.807) is 7.11 Å². The monoisotopic (exact) mass is 131 g/mol. The van der Waals surface area contributed by atoms with Crippen LogP contribution in [0.2, 0.25) is 0 Å². The highest BCUT2D eigenvalue weighted by Gasteiger charge is 2.05. The molecule has 0 rings (SSSR count). The summed E-state index contributed by atoms with van der Waals surface area (Å²) in [5, 5.41) is 0. The van der Waals surface area contributed by atoms with Crippen molar-refractivity contribution in [3.05, 3.63) is 0 Å². The molecule has 2 heteroatoms. The lowest BCUT2D eigenvalue weighted by atomic mass is 10.0. The molecule has 9 heavy (non-hydrogen) atoms. The zero-order valence-electron chi connectivity index (χ0n) is 6.55. The lowest BCUT2D eigenvalue weighted by Crippen LogP contribution is -2.24. The molecule has 0 radical (unpaired) electrons. The van der Waals surface area contributed by atoms with E-state index in [-0.39, 0.29) is 0 Å². The molecule has 0 heterocycles. The topological polar surface area (TPSA) is 35.2 Å². The van der Waals surface area contributed by atoms with E-state index in [1.165, 1.54) is 0 Å². The minimum absolute atomic E-state index is 0.292. The molecule has 0 fully saturated rings. The van der Waals surface area contributed by atoms with Gasteiger partial charge in [-0.1, -0.05) is 6.92 Å². The van der Waals surface area contributed by atoms with Crippen molar-refractivity contribution in [2.45, 2.75) is 26.3 Å². The Balaban J connectivity index is 3.16. The third-order valence-corrected chi connectivity index (χ3v) is 1.67. The average molecular weight is 131 g/mol. The largest absolute Gasteiger partial charge is 0.385 e. The highest BCUT2D eigenvalue weighted by atomic mass is 16.5. The van der Waals surface area contributed by atoms with Crippen LogP contribution in [-0.2, 0) is 4.74 Å². The highest BCUT2D eigenvalue weighted by molar-refractivity contribution is 4.62. The normalized spacial score (nSPS) is 17.3. The zero-order valence-corrected chi connectivity index (χ0v) is 6.55. The van der Waals surface area contributed by atoms with Crippen molar-refractivity contribution < 1.29 is 4.74 Å². The van der Waals surface area contributed by atoms with Gasteiger partial charge in [-0.2, -0.15) is 0 Å². The average Bonchev–Trinajstić information content (AvgIpc) is 1.82. The van der Waals surface area contributed by atoms with Gasteiger partial charge in [-0.3, -0.25) is 0 Å². The summed E-state index contributed by atoms with van der Waals surface area (Å²) < 4.78 is 4.91. The molecular weight excluding hydrogens is 114 g/mol. The Hall–Kier alpha value is -0.0800. The molecule has 2 nitrogen and oxygen atoms in total. The third kappa shape index (κ3) is 4.43. The summed E-state index contributed by atoms with van der Waals surface area (Å²) in [4.78, 5) is 0. The van der Waals surface area contributed by atoms with E-state index in [2.05, 4.69) is 6.92 Å². The van der Waals surface area contributed by atoms with Crippen molar-refractivity contribution in [1.82, 2.24) is 0 Å². The number of methoxy groups -OCH3 is 1. The molecule has 0 bridgehead atoms. The molecule has 0 aliphatic carbocycles. The Bertz CT molecular complexity index is 63.9. The minimum Gasteiger partial charge on any atom is -0.385 e. The molecule has 0 saturated heterocycles. The van der Waals surface area contributed by atoms with E-state index in [0.717, 1.165) is 13.0 Å². The molecule has 2 atom stereocenters. The molecule has 0 aromatic rings. The minimum atomic E-state index is 0.292. The van der Waals surface area contributed by atoms with Crippen LogP contribution in [0.15, 0.2) is 0 Å². The Labute approximate surface area is 57.4 Å². The summed E-state index contributed by atoms with van der Waals surface area (Å²) >= 11 is 0. The molecule has 0 aromatic carbocycles. The highest BCUT2D eigenvalue weighted by Crippen LogP contribution is 2.04. The van der Waals surface area contributed by atoms with E-state index in [4.69, 9.17) is 10.5 Å². The molecule has 0 aliphatic heterocycles. The standard InChI is InChI=1S/C7H17NO/c1-6(7(2)8)4-5-9-3/h6-7H,4-5,8H2,1-3H3/t6-,7-/m0/s1. The van der Waals surface area contributed by atoms with Crippen molar-refractivity contribution in [2.75, 3.05) is 13.7 Å². The molecule has 0 aromatic heterocycles. The summed E-state index contributed by atoms with van der Waals surface area (Å²) in [6, 6.07) is 0.292. The fourth-order valence-corrected chi connectivity index (χ4v) is 0.567. The second-order valence-corrected chi connectivity index (χ2v) is 2.62. The van der Waals surface area contributed by atoms with Crippen LogP contribution in [0.25, 0.3) is 0 Å². The SMILES string of the molecule is COCC[C@H](C)[C@H](C)N. The first-order valence-electron chi connectivity index (χ1n) is 3.43. The van der Waals surface area contributed by atoms with Crippen LogP contribution in [-0.4, -0.2) is 19.8 Å². The molecule has 0 spiro atoms. The van der Waals surface area contributed by atoms with Crippen LogP contribution < -0.4 is 5.73 Å². The van der Waals surface area contributed by atoms with Gasteiger partial charge >= 0.3 is 0 Å². The Morgan fingerprint density at radius 2 is 2.00 bits per heavy atom. The molecule has 0 saturated carbocycles. The maximum Gasteiger partial charge on any atom is 0.0465 e. The van der Waals surface area contributed by atoms with E-state index in [9.17, 15) is 0 Å². The Kier molecular flexibility index (Phi) is 4.72. The summed E-state index contributed by atoms with van der Waals surface area (Å²) in [5.74, 6) is 0.574. The fourth-order valence-electron chi connectivity index (χ4n) is 0.567. The van der Waals surface area contributed by atoms with E-state index >= 15 is 0 Å². The maximum atomic E-state index is 5.62. The summed E-state index contributed by atoms with van der Waals surface area (Å²) in [7, 11) is 1.72. The van der Waals surface area contributed by atoms with Crippen molar-refractivity contribution in [2.24, 2.45) is 11.7 Å². The smallest absolute Gasteiger partial charge is 0.0465 e. The van der Waals surface area contributed by atoms with Gasteiger partial charge in [0.05, 0.1) is 0 Å². The van der Waals surface area contributed by atoms with Crippen molar-refractivity contribution in [3.8, 4) is 0 Å². The Morgan fingerprint density at radius 3 is 2.33 bits per heavy atom. The number of hydrogen-bond donors (Lipinski definition) is 1. The van der Waals surface area contributed by atoms with Gasteiger partial charge in [-0.25, -0.2) is 0 Å². The van der Waals surface area contributed by atoms with E-state index < -0.39 is 0 Å². The summed E-state index contributed by atoms with van der Waals surface area (Å²) in [6.07, 6.45) is 1.06. The number of ether oxygens (including phenoxy) is 1. The lowest BCUT2D eigenvalue weighted by molar-refractivity contribution is 0.176. The van der Waals surface area contributed by atoms with Gasteiger partial charge in [0, 0.05) is 19.8 Å². The lowest BCUT2D eigenvalue weighted by Gasteiger charge is -2.13. The van der Waals surface area contributed by atoms with Gasteiger partial charge in [0.25, 0.3) is 0 Å². The first-order chi connectivity index (χ1) is 4.18. The van der Waals surface area contributed by atoms with Crippen LogP contribution in [0.3, 0.4) is 0 Å². The number of nitrogens with two attached hydrogens (primary N) is 1. The van der Waals surface area contributed by atoms with Crippen LogP contribution in [0, 0.1) is 5.92 Å². The Morgan fingerprint density at radius 1 is 1.44 bits per heavy atom. The predicted molar refractivity (Wildman–Crippen MR) is 39.3 cm³/mol. The first kappa shape index (κ1) is 8.92. The van der Waals surface area contributed by atoms with Crippen LogP contribution >= 0.6 is 0 Å². The van der Waals surface area contributed by atoms with Crippen molar-refractivity contribution >= 4 is 0 Å². The van der Waals surface area contributed by atoms with Crippen LogP contribution in [0.4, 0.5) is 0 Å². The van der Waals surface area contributed by atoms with E-state index in [1.807, 2.05) is 6.92 Å². The van der Waals surface area contributed by atoms with Gasteiger partial charge in [0.2, 0.25) is 0 Å². The van der Waals surface area contributed by atoms with Crippen LogP contribution in [0.5, 0.6) is 0 Å². The summed E-state index contributed by atoms with van der Waals surface area (Å²) in [6.45, 7) is 4.99. The van der Waals surface area contributed by atoms with Gasteiger partial charge in [0.15, 0.2) is 0 Å².